The van der Waals surface area contributed by atoms with Crippen molar-refractivity contribution < 1.29 is 14.2 Å². The van der Waals surface area contributed by atoms with E-state index in [0.717, 1.165) is 49.2 Å². The van der Waals surface area contributed by atoms with E-state index in [1.54, 1.807) is 21.3 Å². The SMILES string of the molecule is CCCC(=C\C=N)/C(=C(\C1=CCC(OC)C=C1)C1=CC=C(OC)CC1)c1ccc(OC)cc1. The molecule has 0 aliphatic heterocycles. The molecule has 0 saturated carbocycles. The van der Waals surface area contributed by atoms with Crippen molar-refractivity contribution in [3.05, 3.63) is 94.3 Å². The molecule has 33 heavy (non-hydrogen) atoms. The van der Waals surface area contributed by atoms with Gasteiger partial charge >= 0.3 is 0 Å². The van der Waals surface area contributed by atoms with Crippen LogP contribution in [0.3, 0.4) is 0 Å². The van der Waals surface area contributed by atoms with E-state index in [1.807, 2.05) is 18.2 Å². The van der Waals surface area contributed by atoms with E-state index in [4.69, 9.17) is 19.6 Å². The maximum atomic E-state index is 7.83. The zero-order valence-electron chi connectivity index (χ0n) is 20.2. The summed E-state index contributed by atoms with van der Waals surface area (Å²) in [6.45, 7) is 2.18. The highest BCUT2D eigenvalue weighted by Crippen LogP contribution is 2.41. The van der Waals surface area contributed by atoms with E-state index >= 15 is 0 Å². The van der Waals surface area contributed by atoms with Gasteiger partial charge in [0.05, 0.1) is 26.1 Å². The number of allylic oxidation sites excluding steroid dienone is 10. The van der Waals surface area contributed by atoms with Gasteiger partial charge in [0.15, 0.2) is 0 Å². The summed E-state index contributed by atoms with van der Waals surface area (Å²) in [7, 11) is 5.17. The van der Waals surface area contributed by atoms with Crippen LogP contribution in [0.15, 0.2) is 88.8 Å². The second kappa shape index (κ2) is 12.2. The van der Waals surface area contributed by atoms with Crippen LogP contribution in [-0.4, -0.2) is 33.6 Å². The third-order valence-electron chi connectivity index (χ3n) is 6.10. The maximum absolute atomic E-state index is 7.83. The average molecular weight is 446 g/mol. The summed E-state index contributed by atoms with van der Waals surface area (Å²) in [4.78, 5) is 0. The molecule has 1 N–H and O–H groups in total. The molecule has 2 aliphatic rings. The van der Waals surface area contributed by atoms with E-state index in [0.29, 0.717) is 0 Å². The zero-order chi connectivity index (χ0) is 23.6. The van der Waals surface area contributed by atoms with Crippen molar-refractivity contribution in [1.82, 2.24) is 0 Å². The average Bonchev–Trinajstić information content (AvgIpc) is 2.87. The van der Waals surface area contributed by atoms with Crippen molar-refractivity contribution in [2.24, 2.45) is 0 Å². The Kier molecular flexibility index (Phi) is 9.08. The van der Waals surface area contributed by atoms with Gasteiger partial charge in [-0.1, -0.05) is 49.8 Å². The molecule has 0 bridgehead atoms. The summed E-state index contributed by atoms with van der Waals surface area (Å²) in [5, 5.41) is 7.83. The van der Waals surface area contributed by atoms with Gasteiger partial charge in [-0.3, -0.25) is 0 Å². The lowest BCUT2D eigenvalue weighted by Crippen LogP contribution is -2.11. The van der Waals surface area contributed by atoms with Crippen molar-refractivity contribution in [2.45, 2.75) is 45.1 Å². The fourth-order valence-electron chi connectivity index (χ4n) is 4.36. The van der Waals surface area contributed by atoms with Gasteiger partial charge in [-0.25, -0.2) is 0 Å². The largest absolute Gasteiger partial charge is 0.501 e. The first-order valence-corrected chi connectivity index (χ1v) is 11.6. The van der Waals surface area contributed by atoms with Gasteiger partial charge in [0.25, 0.3) is 0 Å². The molecule has 0 saturated heterocycles. The minimum Gasteiger partial charge on any atom is -0.501 e. The fraction of sp³-hybridized carbons (Fsp3) is 0.345. The summed E-state index contributed by atoms with van der Waals surface area (Å²) in [6, 6.07) is 8.25. The number of hydrogen-bond donors (Lipinski definition) is 1. The molecule has 0 fully saturated rings. The van der Waals surface area contributed by atoms with E-state index < -0.39 is 0 Å². The van der Waals surface area contributed by atoms with Crippen LogP contribution in [0.2, 0.25) is 0 Å². The zero-order valence-corrected chi connectivity index (χ0v) is 20.2. The van der Waals surface area contributed by atoms with Crippen molar-refractivity contribution in [1.29, 1.82) is 5.41 Å². The van der Waals surface area contributed by atoms with Gasteiger partial charge in [-0.05, 0) is 77.0 Å². The van der Waals surface area contributed by atoms with Gasteiger partial charge in [0.1, 0.15) is 5.75 Å². The molecule has 1 unspecified atom stereocenters. The van der Waals surface area contributed by atoms with Crippen LogP contribution in [0.1, 0.15) is 44.6 Å². The molecule has 0 radical (unpaired) electrons. The van der Waals surface area contributed by atoms with Gasteiger partial charge in [0, 0.05) is 19.7 Å². The third-order valence-corrected chi connectivity index (χ3v) is 6.10. The lowest BCUT2D eigenvalue weighted by molar-refractivity contribution is 0.142. The lowest BCUT2D eigenvalue weighted by Gasteiger charge is -2.26. The van der Waals surface area contributed by atoms with E-state index in [1.165, 1.54) is 34.1 Å². The summed E-state index contributed by atoms with van der Waals surface area (Å²) >= 11 is 0. The molecule has 0 spiro atoms. The second-order valence-corrected chi connectivity index (χ2v) is 8.14. The molecular weight excluding hydrogens is 410 g/mol. The van der Waals surface area contributed by atoms with Crippen LogP contribution in [0.4, 0.5) is 0 Å². The Labute approximate surface area is 198 Å². The fourth-order valence-corrected chi connectivity index (χ4v) is 4.36. The molecule has 174 valence electrons. The Hall–Kier alpha value is -3.11. The first-order chi connectivity index (χ1) is 16.1. The first kappa shape index (κ1) is 24.5. The predicted octanol–water partition coefficient (Wildman–Crippen LogP) is 6.98. The third kappa shape index (κ3) is 6.02. The van der Waals surface area contributed by atoms with E-state index in [9.17, 15) is 0 Å². The highest BCUT2D eigenvalue weighted by Gasteiger charge is 2.23. The molecule has 4 nitrogen and oxygen atoms in total. The number of ether oxygens (including phenoxy) is 3. The summed E-state index contributed by atoms with van der Waals surface area (Å²) in [5.74, 6) is 1.83. The van der Waals surface area contributed by atoms with Crippen LogP contribution < -0.4 is 4.74 Å². The van der Waals surface area contributed by atoms with E-state index in [2.05, 4.69) is 49.4 Å². The van der Waals surface area contributed by atoms with Crippen molar-refractivity contribution in [3.63, 3.8) is 0 Å². The number of rotatable bonds is 10. The Bertz CT molecular complexity index is 1020. The Morgan fingerprint density at radius 1 is 1.06 bits per heavy atom. The molecular formula is C29H35NO3. The van der Waals surface area contributed by atoms with Gasteiger partial charge in [0.2, 0.25) is 0 Å². The molecule has 1 aromatic carbocycles. The van der Waals surface area contributed by atoms with Gasteiger partial charge in [-0.2, -0.15) is 0 Å². The monoisotopic (exact) mass is 445 g/mol. The summed E-state index contributed by atoms with van der Waals surface area (Å²) in [5.41, 5.74) is 7.16. The van der Waals surface area contributed by atoms with Crippen LogP contribution in [0, 0.1) is 5.41 Å². The van der Waals surface area contributed by atoms with Crippen LogP contribution in [-0.2, 0) is 9.47 Å². The smallest absolute Gasteiger partial charge is 0.118 e. The molecule has 1 aromatic rings. The Morgan fingerprint density at radius 2 is 1.85 bits per heavy atom. The van der Waals surface area contributed by atoms with Crippen LogP contribution in [0.25, 0.3) is 5.57 Å². The number of hydrogen-bond acceptors (Lipinski definition) is 4. The van der Waals surface area contributed by atoms with Crippen molar-refractivity contribution in [2.75, 3.05) is 21.3 Å². The topological polar surface area (TPSA) is 51.5 Å². The number of methoxy groups -OCH3 is 3. The maximum Gasteiger partial charge on any atom is 0.118 e. The normalized spacial score (nSPS) is 19.2. The molecule has 0 amide bonds. The molecule has 4 heteroatoms. The number of nitrogens with one attached hydrogen (secondary N) is 1. The second-order valence-electron chi connectivity index (χ2n) is 8.14. The molecule has 2 aliphatic carbocycles. The highest BCUT2D eigenvalue weighted by atomic mass is 16.5. The minimum absolute atomic E-state index is 0.104. The Morgan fingerprint density at radius 3 is 2.36 bits per heavy atom. The summed E-state index contributed by atoms with van der Waals surface area (Å²) < 4.78 is 16.4. The summed E-state index contributed by atoms with van der Waals surface area (Å²) in [6.07, 6.45) is 18.8. The van der Waals surface area contributed by atoms with Crippen molar-refractivity contribution >= 4 is 11.8 Å². The number of benzene rings is 1. The van der Waals surface area contributed by atoms with Crippen LogP contribution >= 0.6 is 0 Å². The first-order valence-electron chi connectivity index (χ1n) is 11.6. The Balaban J connectivity index is 2.29. The van der Waals surface area contributed by atoms with Gasteiger partial charge < -0.3 is 19.6 Å². The predicted molar refractivity (Wildman–Crippen MR) is 137 cm³/mol. The standard InChI is InChI=1S/C29H35NO3/c1-5-6-21(19-20-30)28(22-7-13-25(31-2)14-8-22)29(23-9-15-26(32-3)16-10-23)24-11-17-27(33-4)18-12-24/h7-11,13-15,17,19-20,26,30H,5-6,12,16,18H2,1-4H3/b21-19+,29-28-,30-20?. The molecule has 3 rings (SSSR count). The van der Waals surface area contributed by atoms with Crippen molar-refractivity contribution in [3.8, 4) is 5.75 Å². The van der Waals surface area contributed by atoms with Gasteiger partial charge in [-0.15, -0.1) is 0 Å². The molecule has 0 heterocycles. The van der Waals surface area contributed by atoms with Crippen LogP contribution in [0.5, 0.6) is 5.75 Å². The lowest BCUT2D eigenvalue weighted by atomic mass is 9.80. The quantitative estimate of drug-likeness (QED) is 0.312. The minimum atomic E-state index is 0.104. The molecule has 0 aromatic heterocycles. The highest BCUT2D eigenvalue weighted by molar-refractivity contribution is 5.91. The van der Waals surface area contributed by atoms with E-state index in [-0.39, 0.29) is 6.10 Å². The molecule has 1 atom stereocenters.